The van der Waals surface area contributed by atoms with Crippen LogP contribution in [0.3, 0.4) is 0 Å². The Labute approximate surface area is 131 Å². The number of nitrogens with zero attached hydrogens (tertiary/aromatic N) is 5. The van der Waals surface area contributed by atoms with Crippen molar-refractivity contribution in [1.29, 1.82) is 0 Å². The van der Waals surface area contributed by atoms with Crippen LogP contribution in [-0.2, 0) is 11.2 Å². The van der Waals surface area contributed by atoms with Crippen LogP contribution < -0.4 is 5.84 Å². The summed E-state index contributed by atoms with van der Waals surface area (Å²) < 4.78 is 11.9. The average molecular weight is 320 g/mol. The molecule has 0 aliphatic heterocycles. The number of rotatable bonds is 4. The van der Waals surface area contributed by atoms with Crippen LogP contribution in [0.25, 0.3) is 11.6 Å². The highest BCUT2D eigenvalue weighted by Gasteiger charge is 2.22. The molecule has 3 rings (SSSR count). The third kappa shape index (κ3) is 2.84. The van der Waals surface area contributed by atoms with Crippen molar-refractivity contribution in [3.63, 3.8) is 0 Å². The summed E-state index contributed by atoms with van der Waals surface area (Å²) in [6.45, 7) is 6.05. The van der Waals surface area contributed by atoms with Gasteiger partial charge in [-0.1, -0.05) is 37.7 Å². The van der Waals surface area contributed by atoms with Gasteiger partial charge in [0.2, 0.25) is 16.9 Å². The molecule has 0 aromatic carbocycles. The van der Waals surface area contributed by atoms with E-state index in [1.807, 2.05) is 20.8 Å². The number of furan rings is 1. The third-order valence-corrected chi connectivity index (χ3v) is 3.79. The zero-order valence-corrected chi connectivity index (χ0v) is 13.3. The van der Waals surface area contributed by atoms with Crippen molar-refractivity contribution < 1.29 is 8.94 Å². The van der Waals surface area contributed by atoms with Crippen molar-refractivity contribution in [3.05, 3.63) is 30.1 Å². The van der Waals surface area contributed by atoms with Crippen LogP contribution in [0.15, 0.2) is 32.5 Å². The molecule has 9 heteroatoms. The lowest BCUT2D eigenvalue weighted by molar-refractivity contribution is 0.319. The van der Waals surface area contributed by atoms with E-state index in [4.69, 9.17) is 14.8 Å². The van der Waals surface area contributed by atoms with Crippen LogP contribution in [0.2, 0.25) is 0 Å². The van der Waals surface area contributed by atoms with E-state index in [1.165, 1.54) is 16.4 Å². The molecule has 3 heterocycles. The molecule has 0 radical (unpaired) electrons. The van der Waals surface area contributed by atoms with Crippen molar-refractivity contribution in [1.82, 2.24) is 25.0 Å². The fourth-order valence-electron chi connectivity index (χ4n) is 1.70. The van der Waals surface area contributed by atoms with Crippen molar-refractivity contribution in [2.45, 2.75) is 37.1 Å². The first kappa shape index (κ1) is 14.6. The van der Waals surface area contributed by atoms with Gasteiger partial charge in [0.15, 0.2) is 11.6 Å². The molecule has 8 nitrogen and oxygen atoms in total. The molecule has 0 amide bonds. The molecule has 0 fully saturated rings. The predicted molar refractivity (Wildman–Crippen MR) is 80.4 cm³/mol. The summed E-state index contributed by atoms with van der Waals surface area (Å²) in [5, 5.41) is 12.6. The maximum Gasteiger partial charge on any atom is 0.232 e. The van der Waals surface area contributed by atoms with Crippen LogP contribution in [0.4, 0.5) is 0 Å². The fraction of sp³-hybridized carbons (Fsp3) is 0.385. The number of thioether (sulfide) groups is 1. The Balaban J connectivity index is 1.71. The first-order valence-electron chi connectivity index (χ1n) is 6.65. The first-order valence-corrected chi connectivity index (χ1v) is 7.64. The van der Waals surface area contributed by atoms with Gasteiger partial charge in [-0.05, 0) is 12.1 Å². The molecule has 0 aliphatic rings. The summed E-state index contributed by atoms with van der Waals surface area (Å²) >= 11 is 1.38. The number of nitrogen functional groups attached to an aromatic ring is 1. The Bertz CT molecular complexity index is 756. The average Bonchev–Trinajstić information content (AvgIpc) is 3.16. The van der Waals surface area contributed by atoms with Crippen molar-refractivity contribution in [2.24, 2.45) is 0 Å². The molecule has 0 unspecified atom stereocenters. The van der Waals surface area contributed by atoms with Crippen molar-refractivity contribution >= 4 is 11.8 Å². The zero-order valence-electron chi connectivity index (χ0n) is 12.5. The molecule has 116 valence electrons. The Kier molecular flexibility index (Phi) is 3.65. The fourth-order valence-corrected chi connectivity index (χ4v) is 2.40. The summed E-state index contributed by atoms with van der Waals surface area (Å²) in [7, 11) is 0. The molecular weight excluding hydrogens is 304 g/mol. The normalized spacial score (nSPS) is 12.0. The maximum atomic E-state index is 5.98. The van der Waals surface area contributed by atoms with Gasteiger partial charge in [-0.15, -0.1) is 10.2 Å². The summed E-state index contributed by atoms with van der Waals surface area (Å²) in [5.74, 6) is 8.71. The Morgan fingerprint density at radius 2 is 2.14 bits per heavy atom. The summed E-state index contributed by atoms with van der Waals surface area (Å²) in [6, 6.07) is 3.54. The minimum atomic E-state index is -0.170. The lowest BCUT2D eigenvalue weighted by atomic mass is 9.97. The first-order chi connectivity index (χ1) is 10.4. The van der Waals surface area contributed by atoms with Gasteiger partial charge in [0.1, 0.15) is 0 Å². The predicted octanol–water partition coefficient (Wildman–Crippen LogP) is 2.22. The Morgan fingerprint density at radius 1 is 1.32 bits per heavy atom. The van der Waals surface area contributed by atoms with Gasteiger partial charge < -0.3 is 14.8 Å². The lowest BCUT2D eigenvalue weighted by Gasteiger charge is -2.10. The quantitative estimate of drug-likeness (QED) is 0.575. The minimum absolute atomic E-state index is 0.170. The molecule has 0 bridgehead atoms. The van der Waals surface area contributed by atoms with E-state index >= 15 is 0 Å². The van der Waals surface area contributed by atoms with Gasteiger partial charge >= 0.3 is 0 Å². The number of hydrogen-bond donors (Lipinski definition) is 1. The van der Waals surface area contributed by atoms with Gasteiger partial charge in [-0.25, -0.2) is 4.68 Å². The van der Waals surface area contributed by atoms with Gasteiger partial charge in [-0.2, -0.15) is 4.98 Å². The lowest BCUT2D eigenvalue weighted by Crippen LogP contribution is -2.12. The van der Waals surface area contributed by atoms with E-state index in [0.29, 0.717) is 34.2 Å². The van der Waals surface area contributed by atoms with E-state index in [9.17, 15) is 0 Å². The van der Waals surface area contributed by atoms with Gasteiger partial charge in [-0.3, -0.25) is 0 Å². The van der Waals surface area contributed by atoms with Crippen LogP contribution >= 0.6 is 11.8 Å². The third-order valence-electron chi connectivity index (χ3n) is 2.85. The van der Waals surface area contributed by atoms with Crippen LogP contribution in [0.5, 0.6) is 0 Å². The minimum Gasteiger partial charge on any atom is -0.461 e. The van der Waals surface area contributed by atoms with Crippen LogP contribution in [0.1, 0.15) is 32.5 Å². The molecule has 2 N–H and O–H groups in total. The second-order valence-electron chi connectivity index (χ2n) is 5.71. The van der Waals surface area contributed by atoms with E-state index < -0.39 is 0 Å². The van der Waals surface area contributed by atoms with Gasteiger partial charge in [0.25, 0.3) is 0 Å². The van der Waals surface area contributed by atoms with E-state index in [-0.39, 0.29) is 5.41 Å². The highest BCUT2D eigenvalue weighted by atomic mass is 32.2. The second-order valence-corrected chi connectivity index (χ2v) is 6.65. The van der Waals surface area contributed by atoms with E-state index in [2.05, 4.69) is 20.3 Å². The molecule has 3 aromatic heterocycles. The topological polar surface area (TPSA) is 109 Å². The molecule has 0 atom stereocenters. The summed E-state index contributed by atoms with van der Waals surface area (Å²) in [4.78, 5) is 4.37. The number of aromatic nitrogens is 5. The van der Waals surface area contributed by atoms with Crippen molar-refractivity contribution in [2.75, 3.05) is 5.84 Å². The standard InChI is InChI=1S/C13H16N6O2S/c1-13(2,3)11-15-9(18-21-11)7-22-12-17-16-10(19(12)14)8-5-4-6-20-8/h4-6H,7,14H2,1-3H3. The molecule has 3 aromatic rings. The largest absolute Gasteiger partial charge is 0.461 e. The smallest absolute Gasteiger partial charge is 0.232 e. The molecule has 0 spiro atoms. The summed E-state index contributed by atoms with van der Waals surface area (Å²) in [6.07, 6.45) is 1.56. The van der Waals surface area contributed by atoms with Crippen LogP contribution in [0, 0.1) is 0 Å². The van der Waals surface area contributed by atoms with E-state index in [0.717, 1.165) is 0 Å². The molecule has 22 heavy (non-hydrogen) atoms. The van der Waals surface area contributed by atoms with Crippen LogP contribution in [-0.4, -0.2) is 25.0 Å². The molecule has 0 saturated carbocycles. The monoisotopic (exact) mass is 320 g/mol. The number of hydrogen-bond acceptors (Lipinski definition) is 8. The Hall–Kier alpha value is -2.29. The summed E-state index contributed by atoms with van der Waals surface area (Å²) in [5.41, 5.74) is -0.170. The SMILES string of the molecule is CC(C)(C)c1nc(CSc2nnc(-c3ccco3)n2N)no1. The molecular formula is C13H16N6O2S. The van der Waals surface area contributed by atoms with Crippen molar-refractivity contribution in [3.8, 4) is 11.6 Å². The highest BCUT2D eigenvalue weighted by molar-refractivity contribution is 7.98. The molecule has 0 saturated heterocycles. The van der Waals surface area contributed by atoms with Gasteiger partial charge in [0.05, 0.1) is 12.0 Å². The zero-order chi connectivity index (χ0) is 15.7. The van der Waals surface area contributed by atoms with E-state index in [1.54, 1.807) is 18.4 Å². The Morgan fingerprint density at radius 3 is 2.77 bits per heavy atom. The second kappa shape index (κ2) is 5.48. The maximum absolute atomic E-state index is 5.98. The molecule has 0 aliphatic carbocycles. The highest BCUT2D eigenvalue weighted by Crippen LogP contribution is 2.25. The number of nitrogens with two attached hydrogens (primary N) is 1. The van der Waals surface area contributed by atoms with Gasteiger partial charge in [0, 0.05) is 5.41 Å².